The van der Waals surface area contributed by atoms with Crippen molar-refractivity contribution >= 4 is 20.9 Å². The van der Waals surface area contributed by atoms with Gasteiger partial charge in [-0.15, -0.1) is 0 Å². The Bertz CT molecular complexity index is 1010. The molecule has 2 aromatic heterocycles. The predicted octanol–water partition coefficient (Wildman–Crippen LogP) is 3.31. The fraction of sp³-hybridized carbons (Fsp3) is 0.421. The number of aromatic nitrogens is 3. The van der Waals surface area contributed by atoms with Crippen molar-refractivity contribution < 1.29 is 8.42 Å². The Labute approximate surface area is 153 Å². The fourth-order valence-electron chi connectivity index (χ4n) is 3.82. The summed E-state index contributed by atoms with van der Waals surface area (Å²) in [7, 11) is -3.55. The molecule has 0 amide bonds. The summed E-state index contributed by atoms with van der Waals surface area (Å²) in [6.07, 6.45) is 8.81. The third-order valence-corrected chi connectivity index (χ3v) is 6.79. The molecule has 6 nitrogen and oxygen atoms in total. The molecule has 2 N–H and O–H groups in total. The molecule has 7 heteroatoms. The molecule has 1 aliphatic carbocycles. The second-order valence-electron chi connectivity index (χ2n) is 7.00. The zero-order valence-electron chi connectivity index (χ0n) is 14.9. The lowest BCUT2D eigenvalue weighted by Gasteiger charge is -2.08. The van der Waals surface area contributed by atoms with Crippen molar-refractivity contribution in [3.63, 3.8) is 0 Å². The summed E-state index contributed by atoms with van der Waals surface area (Å²) in [5.41, 5.74) is 2.75. The maximum absolute atomic E-state index is 12.7. The number of aromatic amines is 1. The molecule has 0 radical (unpaired) electrons. The van der Waals surface area contributed by atoms with Gasteiger partial charge in [0.25, 0.3) is 0 Å². The van der Waals surface area contributed by atoms with Crippen LogP contribution in [0.2, 0.25) is 0 Å². The highest BCUT2D eigenvalue weighted by Gasteiger charge is 2.24. The normalized spacial score (nSPS) is 15.9. The van der Waals surface area contributed by atoms with Crippen LogP contribution in [-0.4, -0.2) is 29.7 Å². The number of benzene rings is 1. The van der Waals surface area contributed by atoms with E-state index in [0.29, 0.717) is 29.6 Å². The number of hydrogen-bond acceptors (Lipinski definition) is 3. The van der Waals surface area contributed by atoms with Crippen LogP contribution in [0.25, 0.3) is 10.9 Å². The Hall–Kier alpha value is -2.12. The van der Waals surface area contributed by atoms with E-state index in [1.165, 1.54) is 12.8 Å². The lowest BCUT2D eigenvalue weighted by Crippen LogP contribution is -2.26. The third-order valence-electron chi connectivity index (χ3n) is 5.22. The SMILES string of the molecule is Cc1nn(C2CCCC2)cc1S(=O)(=O)NCCc1c[nH]c2ccccc12. The zero-order valence-corrected chi connectivity index (χ0v) is 15.7. The molecule has 0 bridgehead atoms. The summed E-state index contributed by atoms with van der Waals surface area (Å²) in [4.78, 5) is 3.52. The molecular weight excluding hydrogens is 348 g/mol. The van der Waals surface area contributed by atoms with Gasteiger partial charge in [-0.1, -0.05) is 31.0 Å². The summed E-state index contributed by atoms with van der Waals surface area (Å²) >= 11 is 0. The number of fused-ring (bicyclic) bond motifs is 1. The Morgan fingerprint density at radius 1 is 1.27 bits per heavy atom. The fourth-order valence-corrected chi connectivity index (χ4v) is 5.02. The molecule has 0 aliphatic heterocycles. The molecule has 1 saturated carbocycles. The van der Waals surface area contributed by atoms with Gasteiger partial charge in [-0.3, -0.25) is 4.68 Å². The molecule has 3 aromatic rings. The van der Waals surface area contributed by atoms with Crippen molar-refractivity contribution in [3.8, 4) is 0 Å². The Morgan fingerprint density at radius 3 is 2.85 bits per heavy atom. The second kappa shape index (κ2) is 6.89. The molecule has 0 saturated heterocycles. The molecule has 1 aromatic carbocycles. The van der Waals surface area contributed by atoms with Crippen LogP contribution in [0.15, 0.2) is 41.6 Å². The molecule has 0 unspecified atom stereocenters. The standard InChI is InChI=1S/C19H24N4O2S/c1-14-19(13-23(22-14)16-6-2-3-7-16)26(24,25)21-11-10-15-12-20-18-9-5-4-8-17(15)18/h4-5,8-9,12-13,16,20-21H,2-3,6-7,10-11H2,1H3. The van der Waals surface area contributed by atoms with E-state index in [9.17, 15) is 8.42 Å². The minimum atomic E-state index is -3.55. The van der Waals surface area contributed by atoms with Crippen LogP contribution < -0.4 is 4.72 Å². The van der Waals surface area contributed by atoms with Crippen molar-refractivity contribution in [1.82, 2.24) is 19.5 Å². The molecule has 2 heterocycles. The smallest absolute Gasteiger partial charge is 0.243 e. The maximum Gasteiger partial charge on any atom is 0.243 e. The van der Waals surface area contributed by atoms with Crippen LogP contribution >= 0.6 is 0 Å². The van der Waals surface area contributed by atoms with Gasteiger partial charge in [-0.25, -0.2) is 13.1 Å². The molecule has 1 aliphatic rings. The highest BCUT2D eigenvalue weighted by molar-refractivity contribution is 7.89. The van der Waals surface area contributed by atoms with Gasteiger partial charge in [0, 0.05) is 29.8 Å². The number of nitrogens with one attached hydrogen (secondary N) is 2. The largest absolute Gasteiger partial charge is 0.361 e. The van der Waals surface area contributed by atoms with Gasteiger partial charge in [-0.05, 0) is 37.8 Å². The first-order valence-corrected chi connectivity index (χ1v) is 10.6. The van der Waals surface area contributed by atoms with Crippen molar-refractivity contribution in [2.24, 2.45) is 0 Å². The lowest BCUT2D eigenvalue weighted by molar-refractivity contribution is 0.464. The van der Waals surface area contributed by atoms with Gasteiger partial charge in [0.2, 0.25) is 10.0 Å². The van der Waals surface area contributed by atoms with Gasteiger partial charge in [0.1, 0.15) is 4.90 Å². The van der Waals surface area contributed by atoms with Gasteiger partial charge in [0.15, 0.2) is 0 Å². The van der Waals surface area contributed by atoms with E-state index in [4.69, 9.17) is 0 Å². The van der Waals surface area contributed by atoms with E-state index < -0.39 is 10.0 Å². The number of hydrogen-bond donors (Lipinski definition) is 2. The summed E-state index contributed by atoms with van der Waals surface area (Å²) in [6.45, 7) is 2.12. The Balaban J connectivity index is 1.45. The van der Waals surface area contributed by atoms with E-state index in [2.05, 4.69) is 14.8 Å². The minimum absolute atomic E-state index is 0.295. The first kappa shape index (κ1) is 17.3. The minimum Gasteiger partial charge on any atom is -0.361 e. The number of rotatable bonds is 6. The average molecular weight is 372 g/mol. The molecule has 4 rings (SSSR count). The second-order valence-corrected chi connectivity index (χ2v) is 8.74. The first-order valence-electron chi connectivity index (χ1n) is 9.15. The van der Waals surface area contributed by atoms with E-state index in [1.54, 1.807) is 13.1 Å². The van der Waals surface area contributed by atoms with Crippen LogP contribution in [0, 0.1) is 6.92 Å². The Kier molecular flexibility index (Phi) is 4.58. The monoisotopic (exact) mass is 372 g/mol. The predicted molar refractivity (Wildman–Crippen MR) is 102 cm³/mol. The summed E-state index contributed by atoms with van der Waals surface area (Å²) in [6, 6.07) is 8.37. The number of nitrogens with zero attached hydrogens (tertiary/aromatic N) is 2. The van der Waals surface area contributed by atoms with Gasteiger partial charge < -0.3 is 4.98 Å². The van der Waals surface area contributed by atoms with Crippen LogP contribution in [0.5, 0.6) is 0 Å². The number of H-pyrrole nitrogens is 1. The molecule has 0 spiro atoms. The summed E-state index contributed by atoms with van der Waals surface area (Å²) in [5.74, 6) is 0. The average Bonchev–Trinajstić information content (AvgIpc) is 3.34. The van der Waals surface area contributed by atoms with Gasteiger partial charge in [-0.2, -0.15) is 5.10 Å². The quantitative estimate of drug-likeness (QED) is 0.697. The molecule has 0 atom stereocenters. The van der Waals surface area contributed by atoms with Crippen LogP contribution in [-0.2, 0) is 16.4 Å². The molecule has 138 valence electrons. The van der Waals surface area contributed by atoms with E-state index in [1.807, 2.05) is 35.1 Å². The molecule has 26 heavy (non-hydrogen) atoms. The van der Waals surface area contributed by atoms with Crippen molar-refractivity contribution in [2.45, 2.75) is 50.0 Å². The van der Waals surface area contributed by atoms with Crippen LogP contribution in [0.1, 0.15) is 43.0 Å². The van der Waals surface area contributed by atoms with Crippen molar-refractivity contribution in [3.05, 3.63) is 47.9 Å². The van der Waals surface area contributed by atoms with Gasteiger partial charge >= 0.3 is 0 Å². The number of sulfonamides is 1. The topological polar surface area (TPSA) is 79.8 Å². The number of aryl methyl sites for hydroxylation is 1. The highest BCUT2D eigenvalue weighted by Crippen LogP contribution is 2.30. The van der Waals surface area contributed by atoms with E-state index in [0.717, 1.165) is 29.3 Å². The van der Waals surface area contributed by atoms with Gasteiger partial charge in [0.05, 0.1) is 11.7 Å². The lowest BCUT2D eigenvalue weighted by atomic mass is 10.1. The van der Waals surface area contributed by atoms with Crippen molar-refractivity contribution in [2.75, 3.05) is 6.54 Å². The van der Waals surface area contributed by atoms with E-state index in [-0.39, 0.29) is 0 Å². The third kappa shape index (κ3) is 3.29. The first-order chi connectivity index (χ1) is 12.5. The summed E-state index contributed by atoms with van der Waals surface area (Å²) < 4.78 is 30.0. The maximum atomic E-state index is 12.7. The zero-order chi connectivity index (χ0) is 18.1. The number of para-hydroxylation sites is 1. The highest BCUT2D eigenvalue weighted by atomic mass is 32.2. The molecular formula is C19H24N4O2S. The Morgan fingerprint density at radius 2 is 2.04 bits per heavy atom. The summed E-state index contributed by atoms with van der Waals surface area (Å²) in [5, 5.41) is 5.59. The van der Waals surface area contributed by atoms with Crippen molar-refractivity contribution in [1.29, 1.82) is 0 Å². The molecule has 1 fully saturated rings. The van der Waals surface area contributed by atoms with Crippen LogP contribution in [0.3, 0.4) is 0 Å². The van der Waals surface area contributed by atoms with Crippen LogP contribution in [0.4, 0.5) is 0 Å². The van der Waals surface area contributed by atoms with E-state index >= 15 is 0 Å².